The van der Waals surface area contributed by atoms with Gasteiger partial charge in [0.25, 0.3) is 0 Å². The van der Waals surface area contributed by atoms with E-state index in [0.29, 0.717) is 6.04 Å². The van der Waals surface area contributed by atoms with E-state index in [9.17, 15) is 0 Å². The summed E-state index contributed by atoms with van der Waals surface area (Å²) in [5.41, 5.74) is 0. The van der Waals surface area contributed by atoms with Crippen molar-refractivity contribution in [2.75, 3.05) is 6.54 Å². The molecule has 1 saturated carbocycles. The lowest BCUT2D eigenvalue weighted by molar-refractivity contribution is 0.559. The smallest absolute Gasteiger partial charge is 0.0968 e. The quantitative estimate of drug-likeness (QED) is 0.868. The minimum Gasteiger partial charge on any atom is -0.366 e. The van der Waals surface area contributed by atoms with Crippen LogP contribution < -0.4 is 5.32 Å². The fourth-order valence-corrected chi connectivity index (χ4v) is 3.54. The van der Waals surface area contributed by atoms with Gasteiger partial charge in [0.05, 0.1) is 11.9 Å². The van der Waals surface area contributed by atoms with Gasteiger partial charge in [-0.1, -0.05) is 18.9 Å². The molecule has 0 saturated heterocycles. The van der Waals surface area contributed by atoms with Crippen molar-refractivity contribution in [3.8, 4) is 0 Å². The summed E-state index contributed by atoms with van der Waals surface area (Å²) in [6.07, 6.45) is 9.19. The highest BCUT2D eigenvalue weighted by atomic mass is 35.5. The second-order valence-electron chi connectivity index (χ2n) is 5.47. The summed E-state index contributed by atoms with van der Waals surface area (Å²) in [6, 6.07) is 4.96. The van der Waals surface area contributed by atoms with Crippen molar-refractivity contribution in [1.29, 1.82) is 0 Å². The molecule has 3 rings (SSSR count). The standard InChI is InChI=1S/C15H22N2S.ClH/c1-2-4-10-16-14(7-3-1)17-15(12-8-9-12)13-6-5-11-18-13;/h5-6,11-12,15H,1-4,7-10H2,(H,16,17);1H. The van der Waals surface area contributed by atoms with E-state index in [1.54, 1.807) is 0 Å². The van der Waals surface area contributed by atoms with Crippen LogP contribution in [0.5, 0.6) is 0 Å². The highest BCUT2D eigenvalue weighted by Gasteiger charge is 2.33. The van der Waals surface area contributed by atoms with Gasteiger partial charge in [-0.2, -0.15) is 0 Å². The van der Waals surface area contributed by atoms with Crippen molar-refractivity contribution in [2.24, 2.45) is 10.9 Å². The molecule has 1 aliphatic heterocycles. The topological polar surface area (TPSA) is 24.4 Å². The molecule has 1 aliphatic carbocycles. The maximum absolute atomic E-state index is 4.75. The van der Waals surface area contributed by atoms with Crippen LogP contribution in [-0.4, -0.2) is 12.4 Å². The van der Waals surface area contributed by atoms with Gasteiger partial charge in [-0.25, -0.2) is 0 Å². The van der Waals surface area contributed by atoms with Crippen molar-refractivity contribution in [3.05, 3.63) is 22.4 Å². The number of aliphatic imine (C=N–C) groups is 1. The van der Waals surface area contributed by atoms with Crippen LogP contribution in [0.4, 0.5) is 0 Å². The van der Waals surface area contributed by atoms with Gasteiger partial charge in [-0.3, -0.25) is 4.99 Å². The number of nitrogens with one attached hydrogen (secondary N) is 1. The predicted octanol–water partition coefficient (Wildman–Crippen LogP) is 4.57. The molecule has 1 unspecified atom stereocenters. The first-order valence-electron chi connectivity index (χ1n) is 7.27. The third kappa shape index (κ3) is 4.22. The molecule has 1 aromatic heterocycles. The van der Waals surface area contributed by atoms with Crippen LogP contribution in [0, 0.1) is 5.92 Å². The fourth-order valence-electron chi connectivity index (χ4n) is 2.67. The average molecular weight is 299 g/mol. The van der Waals surface area contributed by atoms with E-state index in [0.717, 1.165) is 18.9 Å². The van der Waals surface area contributed by atoms with Crippen LogP contribution in [0.25, 0.3) is 0 Å². The van der Waals surface area contributed by atoms with Gasteiger partial charge in [-0.05, 0) is 43.0 Å². The molecular formula is C15H23ClN2S. The molecule has 2 nitrogen and oxygen atoms in total. The van der Waals surface area contributed by atoms with Gasteiger partial charge in [0.1, 0.15) is 0 Å². The maximum Gasteiger partial charge on any atom is 0.0968 e. The van der Waals surface area contributed by atoms with Crippen LogP contribution >= 0.6 is 23.7 Å². The number of rotatable bonds is 3. The first-order valence-corrected chi connectivity index (χ1v) is 8.15. The van der Waals surface area contributed by atoms with E-state index in [2.05, 4.69) is 22.8 Å². The number of nitrogens with zero attached hydrogens (tertiary/aromatic N) is 1. The van der Waals surface area contributed by atoms with Crippen molar-refractivity contribution in [2.45, 2.75) is 51.0 Å². The molecule has 19 heavy (non-hydrogen) atoms. The molecule has 1 aromatic rings. The van der Waals surface area contributed by atoms with E-state index in [1.807, 2.05) is 11.3 Å². The zero-order chi connectivity index (χ0) is 12.2. The largest absolute Gasteiger partial charge is 0.366 e. The summed E-state index contributed by atoms with van der Waals surface area (Å²) in [7, 11) is 0. The van der Waals surface area contributed by atoms with E-state index >= 15 is 0 Å². The molecule has 0 amide bonds. The number of hydrogen-bond acceptors (Lipinski definition) is 3. The Hall–Kier alpha value is -0.540. The number of halogens is 1. The Bertz CT molecular complexity index is 398. The van der Waals surface area contributed by atoms with Gasteiger partial charge < -0.3 is 5.32 Å². The zero-order valence-electron chi connectivity index (χ0n) is 11.3. The van der Waals surface area contributed by atoms with Crippen LogP contribution in [0.2, 0.25) is 0 Å². The molecular weight excluding hydrogens is 276 g/mol. The van der Waals surface area contributed by atoms with E-state index in [4.69, 9.17) is 4.99 Å². The lowest BCUT2D eigenvalue weighted by Crippen LogP contribution is -2.30. The monoisotopic (exact) mass is 298 g/mol. The molecule has 0 bridgehead atoms. The lowest BCUT2D eigenvalue weighted by atomic mass is 10.1. The molecule has 4 heteroatoms. The number of hydrogen-bond donors (Lipinski definition) is 1. The SMILES string of the molecule is Cl.c1csc(C(NC2=NCCCCCC2)C2CC2)c1. The Balaban J connectivity index is 0.00000133. The van der Waals surface area contributed by atoms with E-state index in [1.165, 1.54) is 49.2 Å². The average Bonchev–Trinajstić information content (AvgIpc) is 3.03. The number of amidine groups is 1. The Morgan fingerprint density at radius 3 is 2.79 bits per heavy atom. The van der Waals surface area contributed by atoms with Gasteiger partial charge in [0.15, 0.2) is 0 Å². The molecule has 0 spiro atoms. The molecule has 2 heterocycles. The van der Waals surface area contributed by atoms with Crippen LogP contribution in [0.1, 0.15) is 55.9 Å². The molecule has 106 valence electrons. The van der Waals surface area contributed by atoms with Gasteiger partial charge >= 0.3 is 0 Å². The molecule has 2 aliphatic rings. The van der Waals surface area contributed by atoms with Crippen LogP contribution in [-0.2, 0) is 0 Å². The molecule has 1 N–H and O–H groups in total. The van der Waals surface area contributed by atoms with Crippen molar-refractivity contribution < 1.29 is 0 Å². The first-order chi connectivity index (χ1) is 8.93. The first kappa shape index (κ1) is 14.9. The summed E-state index contributed by atoms with van der Waals surface area (Å²) in [4.78, 5) is 6.24. The predicted molar refractivity (Wildman–Crippen MR) is 85.6 cm³/mol. The van der Waals surface area contributed by atoms with Crippen molar-refractivity contribution >= 4 is 29.6 Å². The molecule has 1 atom stereocenters. The third-order valence-corrected chi connectivity index (χ3v) is 4.84. The third-order valence-electron chi connectivity index (χ3n) is 3.89. The Morgan fingerprint density at radius 1 is 1.21 bits per heavy atom. The van der Waals surface area contributed by atoms with Gasteiger partial charge in [-0.15, -0.1) is 23.7 Å². The highest BCUT2D eigenvalue weighted by Crippen LogP contribution is 2.42. The molecule has 1 fully saturated rings. The minimum atomic E-state index is 0. The van der Waals surface area contributed by atoms with Crippen LogP contribution in [0.15, 0.2) is 22.5 Å². The lowest BCUT2D eigenvalue weighted by Gasteiger charge is -2.21. The van der Waals surface area contributed by atoms with Crippen molar-refractivity contribution in [1.82, 2.24) is 5.32 Å². The van der Waals surface area contributed by atoms with Crippen molar-refractivity contribution in [3.63, 3.8) is 0 Å². The van der Waals surface area contributed by atoms with E-state index in [-0.39, 0.29) is 12.4 Å². The van der Waals surface area contributed by atoms with E-state index < -0.39 is 0 Å². The summed E-state index contributed by atoms with van der Waals surface area (Å²) in [6.45, 7) is 1.02. The summed E-state index contributed by atoms with van der Waals surface area (Å²) >= 11 is 1.88. The Kier molecular flexibility index (Phi) is 5.71. The van der Waals surface area contributed by atoms with Crippen LogP contribution in [0.3, 0.4) is 0 Å². The molecule has 0 radical (unpaired) electrons. The summed E-state index contributed by atoms with van der Waals surface area (Å²) < 4.78 is 0. The second-order valence-corrected chi connectivity index (χ2v) is 6.45. The highest BCUT2D eigenvalue weighted by molar-refractivity contribution is 7.10. The second kappa shape index (κ2) is 7.30. The Labute approximate surface area is 126 Å². The minimum absolute atomic E-state index is 0. The fraction of sp³-hybridized carbons (Fsp3) is 0.667. The molecule has 0 aromatic carbocycles. The normalized spacial score (nSPS) is 21.6. The van der Waals surface area contributed by atoms with Gasteiger partial charge in [0, 0.05) is 17.8 Å². The van der Waals surface area contributed by atoms with Gasteiger partial charge in [0.2, 0.25) is 0 Å². The maximum atomic E-state index is 4.75. The number of thiophene rings is 1. The summed E-state index contributed by atoms with van der Waals surface area (Å²) in [5.74, 6) is 2.11. The zero-order valence-corrected chi connectivity index (χ0v) is 12.9. The Morgan fingerprint density at radius 2 is 2.05 bits per heavy atom. The summed E-state index contributed by atoms with van der Waals surface area (Å²) in [5, 5.41) is 5.94.